The number of thioether (sulfide) groups is 2. The van der Waals surface area contributed by atoms with E-state index >= 15 is 0 Å². The number of nitrogens with one attached hydrogen (secondary N) is 1. The van der Waals surface area contributed by atoms with Crippen molar-refractivity contribution < 1.29 is 4.74 Å². The minimum atomic E-state index is 0.327. The molecule has 3 aliphatic rings. The molecule has 4 heteroatoms. The van der Waals surface area contributed by atoms with Crippen LogP contribution in [0.5, 0.6) is 5.75 Å². The number of fused-ring (bicyclic) bond motifs is 2. The first-order chi connectivity index (χ1) is 9.90. The van der Waals surface area contributed by atoms with Gasteiger partial charge in [0, 0.05) is 41.0 Å². The van der Waals surface area contributed by atoms with Crippen LogP contribution in [0, 0.1) is 0 Å². The lowest BCUT2D eigenvalue weighted by Gasteiger charge is -2.29. The van der Waals surface area contributed by atoms with Crippen molar-refractivity contribution in [1.29, 1.82) is 0 Å². The number of hydrogen-bond donors (Lipinski definition) is 1. The molecule has 1 saturated heterocycles. The van der Waals surface area contributed by atoms with Gasteiger partial charge in [-0.2, -0.15) is 23.5 Å². The molecule has 2 nitrogen and oxygen atoms in total. The van der Waals surface area contributed by atoms with E-state index in [4.69, 9.17) is 4.74 Å². The first-order valence-electron chi connectivity index (χ1n) is 7.61. The lowest BCUT2D eigenvalue weighted by molar-refractivity contribution is 0.222. The van der Waals surface area contributed by atoms with Crippen LogP contribution in [-0.4, -0.2) is 40.7 Å². The average molecular weight is 307 g/mol. The molecular formula is C16H21NOS2. The highest BCUT2D eigenvalue weighted by molar-refractivity contribution is 8.07. The van der Waals surface area contributed by atoms with Gasteiger partial charge in [0.05, 0.1) is 0 Å². The molecule has 1 aromatic carbocycles. The number of benzene rings is 1. The number of para-hydroxylation sites is 1. The van der Waals surface area contributed by atoms with Gasteiger partial charge in [-0.3, -0.25) is 0 Å². The lowest BCUT2D eigenvalue weighted by atomic mass is 10.1. The summed E-state index contributed by atoms with van der Waals surface area (Å²) in [6.45, 7) is 0.994. The fraction of sp³-hybridized carbons (Fsp3) is 0.625. The Labute approximate surface area is 129 Å². The normalized spacial score (nSPS) is 35.4. The van der Waals surface area contributed by atoms with Crippen LogP contribution >= 0.6 is 23.5 Å². The van der Waals surface area contributed by atoms with Gasteiger partial charge in [0.2, 0.25) is 0 Å². The van der Waals surface area contributed by atoms with Crippen LogP contribution in [0.1, 0.15) is 18.4 Å². The van der Waals surface area contributed by atoms with E-state index in [1.807, 2.05) is 0 Å². The third-order valence-electron chi connectivity index (χ3n) is 4.57. The van der Waals surface area contributed by atoms with Crippen molar-refractivity contribution >= 4 is 23.5 Å². The fourth-order valence-corrected chi connectivity index (χ4v) is 6.90. The maximum atomic E-state index is 6.03. The third kappa shape index (κ3) is 2.58. The van der Waals surface area contributed by atoms with Crippen molar-refractivity contribution in [2.24, 2.45) is 0 Å². The standard InChI is InChI=1S/C16H21NOS2/c1-2-4-14-11(3-1)9-12(18-14)10-17-13-5-6-15-16(13)20-8-7-19-15/h1-4,12-13,15-17H,5-10H2/t12-,13-,15-,16-/m1/s1. The predicted octanol–water partition coefficient (Wildman–Crippen LogP) is 2.96. The molecule has 1 aliphatic carbocycles. The van der Waals surface area contributed by atoms with Gasteiger partial charge in [-0.1, -0.05) is 18.2 Å². The molecule has 20 heavy (non-hydrogen) atoms. The first-order valence-corrected chi connectivity index (χ1v) is 9.71. The molecule has 0 radical (unpaired) electrons. The van der Waals surface area contributed by atoms with Crippen LogP contribution in [0.25, 0.3) is 0 Å². The summed E-state index contributed by atoms with van der Waals surface area (Å²) in [5, 5.41) is 5.53. The zero-order chi connectivity index (χ0) is 13.4. The summed E-state index contributed by atoms with van der Waals surface area (Å²) in [7, 11) is 0. The molecule has 0 amide bonds. The maximum absolute atomic E-state index is 6.03. The van der Waals surface area contributed by atoms with E-state index < -0.39 is 0 Å². The summed E-state index contributed by atoms with van der Waals surface area (Å²) in [5.74, 6) is 3.76. The molecule has 0 spiro atoms. The zero-order valence-corrected chi connectivity index (χ0v) is 13.2. The summed E-state index contributed by atoms with van der Waals surface area (Å²) < 4.78 is 6.03. The second-order valence-corrected chi connectivity index (χ2v) is 8.52. The Morgan fingerprint density at radius 2 is 2.05 bits per heavy atom. The van der Waals surface area contributed by atoms with Gasteiger partial charge in [-0.05, 0) is 24.5 Å². The smallest absolute Gasteiger partial charge is 0.123 e. The molecule has 4 atom stereocenters. The van der Waals surface area contributed by atoms with Crippen LogP contribution < -0.4 is 10.1 Å². The Morgan fingerprint density at radius 1 is 1.15 bits per heavy atom. The Hall–Kier alpha value is -0.320. The van der Waals surface area contributed by atoms with Crippen LogP contribution in [0.4, 0.5) is 0 Å². The minimum Gasteiger partial charge on any atom is -0.488 e. The topological polar surface area (TPSA) is 21.3 Å². The summed E-state index contributed by atoms with van der Waals surface area (Å²) >= 11 is 4.38. The molecule has 0 unspecified atom stereocenters. The van der Waals surface area contributed by atoms with Gasteiger partial charge >= 0.3 is 0 Å². The molecule has 1 aromatic rings. The Bertz CT molecular complexity index is 456. The van der Waals surface area contributed by atoms with E-state index in [0.29, 0.717) is 12.1 Å². The highest BCUT2D eigenvalue weighted by Crippen LogP contribution is 2.42. The average Bonchev–Trinajstić information content (AvgIpc) is 3.08. The third-order valence-corrected chi connectivity index (χ3v) is 7.88. The number of hydrogen-bond acceptors (Lipinski definition) is 4. The van der Waals surface area contributed by atoms with Crippen molar-refractivity contribution in [2.75, 3.05) is 18.1 Å². The maximum Gasteiger partial charge on any atom is 0.123 e. The minimum absolute atomic E-state index is 0.327. The summed E-state index contributed by atoms with van der Waals surface area (Å²) in [4.78, 5) is 0. The highest BCUT2D eigenvalue weighted by atomic mass is 32.2. The SMILES string of the molecule is c1ccc2c(c1)C[C@H](CN[C@@H]1CC[C@H]3SCCS[C@H]13)O2. The number of ether oxygens (including phenoxy) is 1. The van der Waals surface area contributed by atoms with Crippen molar-refractivity contribution in [1.82, 2.24) is 5.32 Å². The fourth-order valence-electron chi connectivity index (χ4n) is 3.59. The van der Waals surface area contributed by atoms with E-state index in [1.165, 1.54) is 29.9 Å². The molecule has 2 fully saturated rings. The quantitative estimate of drug-likeness (QED) is 0.926. The van der Waals surface area contributed by atoms with Gasteiger partial charge in [0.15, 0.2) is 0 Å². The molecule has 2 heterocycles. The van der Waals surface area contributed by atoms with E-state index in [1.54, 1.807) is 0 Å². The largest absolute Gasteiger partial charge is 0.488 e. The summed E-state index contributed by atoms with van der Waals surface area (Å²) in [6.07, 6.45) is 4.12. The van der Waals surface area contributed by atoms with Gasteiger partial charge in [0.25, 0.3) is 0 Å². The van der Waals surface area contributed by atoms with Crippen molar-refractivity contribution in [3.05, 3.63) is 29.8 Å². The molecule has 0 bridgehead atoms. The van der Waals surface area contributed by atoms with Crippen LogP contribution in [0.2, 0.25) is 0 Å². The van der Waals surface area contributed by atoms with Gasteiger partial charge in [0.1, 0.15) is 11.9 Å². The van der Waals surface area contributed by atoms with Gasteiger partial charge < -0.3 is 10.1 Å². The van der Waals surface area contributed by atoms with Gasteiger partial charge in [-0.25, -0.2) is 0 Å². The molecular weight excluding hydrogens is 286 g/mol. The monoisotopic (exact) mass is 307 g/mol. The van der Waals surface area contributed by atoms with Crippen LogP contribution in [-0.2, 0) is 6.42 Å². The zero-order valence-electron chi connectivity index (χ0n) is 11.6. The summed E-state index contributed by atoms with van der Waals surface area (Å²) in [5.41, 5.74) is 1.37. The van der Waals surface area contributed by atoms with Crippen LogP contribution in [0.15, 0.2) is 24.3 Å². The molecule has 0 aromatic heterocycles. The van der Waals surface area contributed by atoms with E-state index in [-0.39, 0.29) is 0 Å². The molecule has 1 saturated carbocycles. The summed E-state index contributed by atoms with van der Waals surface area (Å²) in [6, 6.07) is 9.15. The van der Waals surface area contributed by atoms with Crippen molar-refractivity contribution in [3.63, 3.8) is 0 Å². The molecule has 4 rings (SSSR count). The second kappa shape index (κ2) is 5.82. The predicted molar refractivity (Wildman–Crippen MR) is 88.1 cm³/mol. The Kier molecular flexibility index (Phi) is 3.88. The molecule has 1 N–H and O–H groups in total. The second-order valence-electron chi connectivity index (χ2n) is 5.89. The lowest BCUT2D eigenvalue weighted by Crippen LogP contribution is -2.43. The van der Waals surface area contributed by atoms with Crippen molar-refractivity contribution in [3.8, 4) is 5.75 Å². The van der Waals surface area contributed by atoms with Crippen molar-refractivity contribution in [2.45, 2.75) is 41.9 Å². The van der Waals surface area contributed by atoms with E-state index in [0.717, 1.165) is 29.2 Å². The van der Waals surface area contributed by atoms with Gasteiger partial charge in [-0.15, -0.1) is 0 Å². The van der Waals surface area contributed by atoms with E-state index in [9.17, 15) is 0 Å². The number of rotatable bonds is 3. The molecule has 2 aliphatic heterocycles. The van der Waals surface area contributed by atoms with E-state index in [2.05, 4.69) is 53.1 Å². The Balaban J connectivity index is 1.31. The molecule has 108 valence electrons. The highest BCUT2D eigenvalue weighted by Gasteiger charge is 2.38. The Morgan fingerprint density at radius 3 is 3.00 bits per heavy atom. The van der Waals surface area contributed by atoms with Crippen LogP contribution in [0.3, 0.4) is 0 Å². The first kappa shape index (κ1) is 13.4.